The van der Waals surface area contributed by atoms with Crippen molar-refractivity contribution in [2.75, 3.05) is 32.7 Å². The average Bonchev–Trinajstić information content (AvgIpc) is 2.80. The Morgan fingerprint density at radius 1 is 0.875 bits per heavy atom. The topological polar surface area (TPSA) is 18.5 Å². The van der Waals surface area contributed by atoms with Crippen LogP contribution in [0.2, 0.25) is 0 Å². The third kappa shape index (κ3) is 2.01. The van der Waals surface area contributed by atoms with E-state index >= 15 is 0 Å². The highest BCUT2D eigenvalue weighted by molar-refractivity contribution is 4.97. The van der Waals surface area contributed by atoms with Crippen LogP contribution in [0.25, 0.3) is 0 Å². The molecular weight excluding hydrogens is 198 g/mol. The minimum Gasteiger partial charge on any atom is -0.313 e. The summed E-state index contributed by atoms with van der Waals surface area (Å²) in [6.45, 7) is 8.80. The van der Waals surface area contributed by atoms with E-state index in [-0.39, 0.29) is 0 Å². The number of rotatable bonds is 1. The molecule has 3 rings (SSSR count). The van der Waals surface area contributed by atoms with Gasteiger partial charge in [0.2, 0.25) is 0 Å². The van der Waals surface area contributed by atoms with Gasteiger partial charge in [-0.25, -0.2) is 0 Å². The lowest BCUT2D eigenvalue weighted by Crippen LogP contribution is -2.44. The van der Waals surface area contributed by atoms with Crippen molar-refractivity contribution in [1.82, 2.24) is 15.1 Å². The quantitative estimate of drug-likeness (QED) is 0.713. The lowest BCUT2D eigenvalue weighted by molar-refractivity contribution is 0.168. The SMILES string of the molecule is CC1CCN(C2CCN3CCCC23)CCN1. The van der Waals surface area contributed by atoms with E-state index in [4.69, 9.17) is 0 Å². The lowest BCUT2D eigenvalue weighted by atomic mass is 10.0. The van der Waals surface area contributed by atoms with Crippen molar-refractivity contribution in [2.24, 2.45) is 0 Å². The maximum Gasteiger partial charge on any atom is 0.0264 e. The van der Waals surface area contributed by atoms with Crippen LogP contribution in [-0.4, -0.2) is 60.6 Å². The molecule has 1 N–H and O–H groups in total. The summed E-state index contributed by atoms with van der Waals surface area (Å²) < 4.78 is 0. The Hall–Kier alpha value is -0.120. The Labute approximate surface area is 99.2 Å². The van der Waals surface area contributed by atoms with E-state index in [1.165, 1.54) is 58.4 Å². The molecule has 0 saturated carbocycles. The minimum atomic E-state index is 0.714. The molecule has 0 bridgehead atoms. The molecule has 3 heterocycles. The van der Waals surface area contributed by atoms with Crippen molar-refractivity contribution in [3.63, 3.8) is 0 Å². The Morgan fingerprint density at radius 2 is 1.62 bits per heavy atom. The second-order valence-electron chi connectivity index (χ2n) is 5.78. The molecule has 0 aromatic rings. The Kier molecular flexibility index (Phi) is 3.18. The Balaban J connectivity index is 1.63. The van der Waals surface area contributed by atoms with Crippen molar-refractivity contribution in [1.29, 1.82) is 0 Å². The molecule has 0 radical (unpaired) electrons. The van der Waals surface area contributed by atoms with E-state index in [0.29, 0.717) is 6.04 Å². The van der Waals surface area contributed by atoms with Gasteiger partial charge >= 0.3 is 0 Å². The van der Waals surface area contributed by atoms with Crippen molar-refractivity contribution >= 4 is 0 Å². The first-order chi connectivity index (χ1) is 7.84. The fourth-order valence-electron chi connectivity index (χ4n) is 3.84. The molecule has 0 amide bonds. The number of nitrogens with one attached hydrogen (secondary N) is 1. The van der Waals surface area contributed by atoms with E-state index in [1.54, 1.807) is 0 Å². The Bertz CT molecular complexity index is 243. The second-order valence-corrected chi connectivity index (χ2v) is 5.78. The number of fused-ring (bicyclic) bond motifs is 1. The predicted molar refractivity (Wildman–Crippen MR) is 66.7 cm³/mol. The molecule has 3 heteroatoms. The zero-order valence-corrected chi connectivity index (χ0v) is 10.5. The predicted octanol–water partition coefficient (Wildman–Crippen LogP) is 0.907. The van der Waals surface area contributed by atoms with Crippen molar-refractivity contribution in [2.45, 2.75) is 50.7 Å². The molecule has 3 unspecified atom stereocenters. The standard InChI is InChI=1S/C13H25N3/c1-11-4-8-16(10-6-14-11)13-5-9-15-7-2-3-12(13)15/h11-14H,2-10H2,1H3. The van der Waals surface area contributed by atoms with Crippen LogP contribution in [0.3, 0.4) is 0 Å². The van der Waals surface area contributed by atoms with Gasteiger partial charge in [0.1, 0.15) is 0 Å². The van der Waals surface area contributed by atoms with Crippen LogP contribution in [0.4, 0.5) is 0 Å². The van der Waals surface area contributed by atoms with Crippen LogP contribution in [0.15, 0.2) is 0 Å². The zero-order valence-electron chi connectivity index (χ0n) is 10.5. The van der Waals surface area contributed by atoms with Crippen molar-refractivity contribution < 1.29 is 0 Å². The molecule has 3 saturated heterocycles. The van der Waals surface area contributed by atoms with Crippen LogP contribution >= 0.6 is 0 Å². The number of hydrogen-bond acceptors (Lipinski definition) is 3. The van der Waals surface area contributed by atoms with E-state index < -0.39 is 0 Å². The fraction of sp³-hybridized carbons (Fsp3) is 1.00. The third-order valence-corrected chi connectivity index (χ3v) is 4.78. The molecule has 0 spiro atoms. The van der Waals surface area contributed by atoms with Gasteiger partial charge in [0, 0.05) is 44.3 Å². The van der Waals surface area contributed by atoms with Crippen LogP contribution in [0.5, 0.6) is 0 Å². The summed E-state index contributed by atoms with van der Waals surface area (Å²) in [5.41, 5.74) is 0. The molecular formula is C13H25N3. The summed E-state index contributed by atoms with van der Waals surface area (Å²) in [6, 6.07) is 2.48. The molecule has 16 heavy (non-hydrogen) atoms. The molecule has 3 aliphatic rings. The molecule has 0 aromatic heterocycles. The fourth-order valence-corrected chi connectivity index (χ4v) is 3.84. The van der Waals surface area contributed by atoms with Gasteiger partial charge in [-0.05, 0) is 39.2 Å². The van der Waals surface area contributed by atoms with Gasteiger partial charge in [0.15, 0.2) is 0 Å². The first-order valence-corrected chi connectivity index (χ1v) is 7.06. The van der Waals surface area contributed by atoms with Gasteiger partial charge in [-0.15, -0.1) is 0 Å². The van der Waals surface area contributed by atoms with E-state index in [1.807, 2.05) is 0 Å². The first-order valence-electron chi connectivity index (χ1n) is 7.06. The molecule has 92 valence electrons. The van der Waals surface area contributed by atoms with E-state index in [9.17, 15) is 0 Å². The summed E-state index contributed by atoms with van der Waals surface area (Å²) in [7, 11) is 0. The smallest absolute Gasteiger partial charge is 0.0264 e. The van der Waals surface area contributed by atoms with Crippen LogP contribution in [0.1, 0.15) is 32.6 Å². The third-order valence-electron chi connectivity index (χ3n) is 4.78. The monoisotopic (exact) mass is 223 g/mol. The lowest BCUT2D eigenvalue weighted by Gasteiger charge is -2.31. The molecule has 3 aliphatic heterocycles. The highest BCUT2D eigenvalue weighted by Gasteiger charge is 2.40. The van der Waals surface area contributed by atoms with Gasteiger partial charge in [0.05, 0.1) is 0 Å². The molecule has 0 aliphatic carbocycles. The minimum absolute atomic E-state index is 0.714. The number of nitrogens with zero attached hydrogens (tertiary/aromatic N) is 2. The summed E-state index contributed by atoms with van der Waals surface area (Å²) >= 11 is 0. The summed E-state index contributed by atoms with van der Waals surface area (Å²) in [4.78, 5) is 5.50. The molecule has 0 aromatic carbocycles. The first kappa shape index (κ1) is 11.0. The zero-order chi connectivity index (χ0) is 11.0. The summed E-state index contributed by atoms with van der Waals surface area (Å²) in [5, 5.41) is 3.60. The van der Waals surface area contributed by atoms with Gasteiger partial charge in [0.25, 0.3) is 0 Å². The molecule has 3 atom stereocenters. The van der Waals surface area contributed by atoms with Crippen molar-refractivity contribution in [3.8, 4) is 0 Å². The van der Waals surface area contributed by atoms with Gasteiger partial charge in [-0.3, -0.25) is 9.80 Å². The van der Waals surface area contributed by atoms with Gasteiger partial charge in [-0.2, -0.15) is 0 Å². The number of hydrogen-bond donors (Lipinski definition) is 1. The average molecular weight is 223 g/mol. The van der Waals surface area contributed by atoms with Crippen LogP contribution < -0.4 is 5.32 Å². The molecule has 3 nitrogen and oxygen atoms in total. The largest absolute Gasteiger partial charge is 0.313 e. The highest BCUT2D eigenvalue weighted by atomic mass is 15.3. The molecule has 3 fully saturated rings. The van der Waals surface area contributed by atoms with Crippen LogP contribution in [0, 0.1) is 0 Å². The second kappa shape index (κ2) is 4.63. The summed E-state index contributed by atoms with van der Waals surface area (Å²) in [6.07, 6.45) is 5.62. The van der Waals surface area contributed by atoms with Crippen molar-refractivity contribution in [3.05, 3.63) is 0 Å². The van der Waals surface area contributed by atoms with Gasteiger partial charge < -0.3 is 5.32 Å². The summed E-state index contributed by atoms with van der Waals surface area (Å²) in [5.74, 6) is 0. The van der Waals surface area contributed by atoms with E-state index in [0.717, 1.165) is 12.1 Å². The Morgan fingerprint density at radius 3 is 2.56 bits per heavy atom. The van der Waals surface area contributed by atoms with Gasteiger partial charge in [-0.1, -0.05) is 0 Å². The normalized spacial score (nSPS) is 42.2. The van der Waals surface area contributed by atoms with E-state index in [2.05, 4.69) is 22.0 Å². The van der Waals surface area contributed by atoms with Crippen LogP contribution in [-0.2, 0) is 0 Å². The maximum absolute atomic E-state index is 3.60. The highest BCUT2D eigenvalue weighted by Crippen LogP contribution is 2.31. The maximum atomic E-state index is 3.60.